The smallest absolute Gasteiger partial charge is 0.314 e. The first-order chi connectivity index (χ1) is 9.30. The second-order valence-electron chi connectivity index (χ2n) is 4.32. The van der Waals surface area contributed by atoms with Crippen LogP contribution in [0.2, 0.25) is 0 Å². The van der Waals surface area contributed by atoms with Crippen LogP contribution in [0.1, 0.15) is 16.7 Å². The molecular weight excluding hydrogens is 273 g/mol. The molecule has 2 aromatic rings. The first-order valence-corrected chi connectivity index (χ1v) is 5.75. The van der Waals surface area contributed by atoms with Gasteiger partial charge in [-0.3, -0.25) is 9.36 Å². The van der Waals surface area contributed by atoms with Crippen molar-refractivity contribution in [3.05, 3.63) is 68.0 Å². The second-order valence-corrected chi connectivity index (χ2v) is 4.32. The van der Waals surface area contributed by atoms with Crippen LogP contribution in [0, 0.1) is 6.92 Å². The molecule has 0 radical (unpaired) electrons. The first kappa shape index (κ1) is 14.1. The van der Waals surface area contributed by atoms with Crippen molar-refractivity contribution in [1.29, 1.82) is 0 Å². The van der Waals surface area contributed by atoms with Crippen molar-refractivity contribution in [3.63, 3.8) is 0 Å². The van der Waals surface area contributed by atoms with Crippen LogP contribution in [0.3, 0.4) is 0 Å². The highest BCUT2D eigenvalue weighted by atomic mass is 19.4. The summed E-state index contributed by atoms with van der Waals surface area (Å²) in [6, 6.07) is 4.86. The molecule has 2 rings (SSSR count). The third kappa shape index (κ3) is 2.66. The lowest BCUT2D eigenvalue weighted by Gasteiger charge is -2.13. The highest BCUT2D eigenvalue weighted by Gasteiger charge is 2.33. The van der Waals surface area contributed by atoms with Crippen LogP contribution in [0.5, 0.6) is 0 Å². The zero-order chi connectivity index (χ0) is 14.9. The van der Waals surface area contributed by atoms with Gasteiger partial charge >= 0.3 is 11.9 Å². The van der Waals surface area contributed by atoms with E-state index in [9.17, 15) is 22.8 Å². The van der Waals surface area contributed by atoms with Gasteiger partial charge in [-0.15, -0.1) is 0 Å². The van der Waals surface area contributed by atoms with Crippen molar-refractivity contribution in [3.8, 4) is 0 Å². The lowest BCUT2D eigenvalue weighted by atomic mass is 10.1. The summed E-state index contributed by atoms with van der Waals surface area (Å²) < 4.78 is 39.3. The number of nitrogens with zero attached hydrogens (tertiary/aromatic N) is 1. The Bertz CT molecular complexity index is 744. The molecule has 0 aliphatic heterocycles. The van der Waals surface area contributed by atoms with Gasteiger partial charge in [-0.05, 0) is 18.6 Å². The fourth-order valence-electron chi connectivity index (χ4n) is 1.86. The third-order valence-electron chi connectivity index (χ3n) is 2.89. The van der Waals surface area contributed by atoms with E-state index in [1.54, 1.807) is 0 Å². The normalized spacial score (nSPS) is 11.6. The van der Waals surface area contributed by atoms with Gasteiger partial charge in [0.2, 0.25) is 0 Å². The summed E-state index contributed by atoms with van der Waals surface area (Å²) in [6.07, 6.45) is -3.30. The van der Waals surface area contributed by atoms with Crippen LogP contribution < -0.4 is 11.2 Å². The molecule has 0 saturated carbocycles. The van der Waals surface area contributed by atoms with E-state index in [4.69, 9.17) is 0 Å². The number of aryl methyl sites for hydroxylation is 1. The van der Waals surface area contributed by atoms with Gasteiger partial charge < -0.3 is 4.98 Å². The maximum Gasteiger partial charge on any atom is 0.416 e. The summed E-state index contributed by atoms with van der Waals surface area (Å²) >= 11 is 0. The third-order valence-corrected chi connectivity index (χ3v) is 2.89. The average molecular weight is 284 g/mol. The van der Waals surface area contributed by atoms with Crippen molar-refractivity contribution in [2.75, 3.05) is 0 Å². The molecule has 1 aromatic carbocycles. The minimum atomic E-state index is -4.53. The minimum Gasteiger partial charge on any atom is -0.314 e. The number of benzene rings is 1. The Balaban J connectivity index is 2.55. The van der Waals surface area contributed by atoms with Gasteiger partial charge in [-0.2, -0.15) is 13.2 Å². The van der Waals surface area contributed by atoms with E-state index in [1.165, 1.54) is 31.3 Å². The van der Waals surface area contributed by atoms with E-state index in [0.717, 1.165) is 10.6 Å². The summed E-state index contributed by atoms with van der Waals surface area (Å²) in [6.45, 7) is 1.05. The molecule has 1 aromatic heterocycles. The predicted molar refractivity (Wildman–Crippen MR) is 66.6 cm³/mol. The maximum atomic E-state index is 12.9. The van der Waals surface area contributed by atoms with E-state index >= 15 is 0 Å². The Morgan fingerprint density at radius 3 is 2.50 bits per heavy atom. The van der Waals surface area contributed by atoms with Gasteiger partial charge in [0.05, 0.1) is 12.1 Å². The zero-order valence-corrected chi connectivity index (χ0v) is 10.5. The maximum absolute atomic E-state index is 12.9. The number of aromatic amines is 1. The molecule has 0 bridgehead atoms. The highest BCUT2D eigenvalue weighted by molar-refractivity contribution is 5.30. The molecular formula is C13H11F3N2O2. The first-order valence-electron chi connectivity index (χ1n) is 5.75. The Labute approximate surface area is 111 Å². The molecule has 1 heterocycles. The van der Waals surface area contributed by atoms with Gasteiger partial charge in [0, 0.05) is 11.8 Å². The topological polar surface area (TPSA) is 54.9 Å². The Morgan fingerprint density at radius 2 is 1.85 bits per heavy atom. The van der Waals surface area contributed by atoms with Crippen molar-refractivity contribution in [2.24, 2.45) is 0 Å². The van der Waals surface area contributed by atoms with Crippen molar-refractivity contribution in [1.82, 2.24) is 9.55 Å². The summed E-state index contributed by atoms with van der Waals surface area (Å²) in [5, 5.41) is 0. The van der Waals surface area contributed by atoms with Gasteiger partial charge in [0.15, 0.2) is 0 Å². The highest BCUT2D eigenvalue weighted by Crippen LogP contribution is 2.31. The average Bonchev–Trinajstić information content (AvgIpc) is 2.38. The fraction of sp³-hybridized carbons (Fsp3) is 0.231. The summed E-state index contributed by atoms with van der Waals surface area (Å²) in [4.78, 5) is 25.7. The van der Waals surface area contributed by atoms with Gasteiger partial charge in [-0.1, -0.05) is 18.2 Å². The number of H-pyrrole nitrogens is 1. The molecule has 0 spiro atoms. The van der Waals surface area contributed by atoms with Crippen molar-refractivity contribution >= 4 is 0 Å². The molecule has 4 nitrogen and oxygen atoms in total. The second kappa shape index (κ2) is 4.99. The standard InChI is InChI=1S/C13H11F3N2O2/c1-8-6-17-12(20)18(11(8)19)7-9-4-2-3-5-10(9)13(14,15)16/h2-6H,7H2,1H3,(H,17,20). The van der Waals surface area contributed by atoms with E-state index in [0.29, 0.717) is 0 Å². The van der Waals surface area contributed by atoms with Crippen LogP contribution in [0.4, 0.5) is 13.2 Å². The minimum absolute atomic E-state index is 0.127. The van der Waals surface area contributed by atoms with Gasteiger partial charge in [0.25, 0.3) is 5.56 Å². The Hall–Kier alpha value is -2.31. The molecule has 0 aliphatic rings. The Morgan fingerprint density at radius 1 is 1.20 bits per heavy atom. The summed E-state index contributed by atoms with van der Waals surface area (Å²) in [5.41, 5.74) is -2.07. The largest absolute Gasteiger partial charge is 0.416 e. The lowest BCUT2D eigenvalue weighted by molar-refractivity contribution is -0.138. The van der Waals surface area contributed by atoms with E-state index < -0.39 is 29.5 Å². The molecule has 7 heteroatoms. The number of halogens is 3. The van der Waals surface area contributed by atoms with Crippen LogP contribution >= 0.6 is 0 Å². The molecule has 0 fully saturated rings. The van der Waals surface area contributed by atoms with Gasteiger partial charge in [0.1, 0.15) is 0 Å². The predicted octanol–water partition coefficient (Wildman–Crippen LogP) is 1.91. The lowest BCUT2D eigenvalue weighted by Crippen LogP contribution is -2.36. The number of hydrogen-bond donors (Lipinski definition) is 1. The molecule has 20 heavy (non-hydrogen) atoms. The molecule has 0 unspecified atom stereocenters. The van der Waals surface area contributed by atoms with Crippen molar-refractivity contribution < 1.29 is 13.2 Å². The molecule has 0 atom stereocenters. The number of nitrogens with one attached hydrogen (secondary N) is 1. The molecule has 0 aliphatic carbocycles. The Kier molecular flexibility index (Phi) is 3.52. The number of hydrogen-bond acceptors (Lipinski definition) is 2. The van der Waals surface area contributed by atoms with Crippen molar-refractivity contribution in [2.45, 2.75) is 19.6 Å². The zero-order valence-electron chi connectivity index (χ0n) is 10.5. The SMILES string of the molecule is Cc1c[nH]c(=O)n(Cc2ccccc2C(F)(F)F)c1=O. The van der Waals surface area contributed by atoms with E-state index in [-0.39, 0.29) is 11.1 Å². The van der Waals surface area contributed by atoms with Crippen LogP contribution in [-0.2, 0) is 12.7 Å². The molecule has 106 valence electrons. The summed E-state index contributed by atoms with van der Waals surface area (Å²) in [7, 11) is 0. The van der Waals surface area contributed by atoms with Gasteiger partial charge in [-0.25, -0.2) is 4.79 Å². The number of alkyl halides is 3. The van der Waals surface area contributed by atoms with Crippen LogP contribution in [0.25, 0.3) is 0 Å². The fourth-order valence-corrected chi connectivity index (χ4v) is 1.86. The van der Waals surface area contributed by atoms with Crippen LogP contribution in [-0.4, -0.2) is 9.55 Å². The number of rotatable bonds is 2. The molecule has 1 N–H and O–H groups in total. The molecule has 0 saturated heterocycles. The molecule has 0 amide bonds. The van der Waals surface area contributed by atoms with Crippen LogP contribution in [0.15, 0.2) is 40.1 Å². The quantitative estimate of drug-likeness (QED) is 0.916. The van der Waals surface area contributed by atoms with E-state index in [2.05, 4.69) is 4.98 Å². The van der Waals surface area contributed by atoms with E-state index in [1.807, 2.05) is 0 Å². The summed E-state index contributed by atoms with van der Waals surface area (Å²) in [5.74, 6) is 0. The monoisotopic (exact) mass is 284 g/mol. The number of aromatic nitrogens is 2.